The number of hydrogen-bond donors (Lipinski definition) is 2. The zero-order valence-corrected chi connectivity index (χ0v) is 11.0. The second-order valence-electron chi connectivity index (χ2n) is 4.77. The Labute approximate surface area is 109 Å². The van der Waals surface area contributed by atoms with Crippen LogP contribution in [0.3, 0.4) is 0 Å². The molecule has 2 heterocycles. The van der Waals surface area contributed by atoms with Gasteiger partial charge in [-0.05, 0) is 25.5 Å². The smallest absolute Gasteiger partial charge is 0.328 e. The van der Waals surface area contributed by atoms with E-state index in [0.29, 0.717) is 0 Å². The molecule has 0 aromatic carbocycles. The summed E-state index contributed by atoms with van der Waals surface area (Å²) in [7, 11) is 0. The van der Waals surface area contributed by atoms with Crippen LogP contribution in [-0.2, 0) is 14.4 Å². The van der Waals surface area contributed by atoms with Crippen molar-refractivity contribution in [3.05, 3.63) is 0 Å². The number of carboxylic acids is 1. The van der Waals surface area contributed by atoms with Crippen LogP contribution >= 0.6 is 11.8 Å². The second kappa shape index (κ2) is 4.79. The molecule has 2 unspecified atom stereocenters. The second-order valence-corrected chi connectivity index (χ2v) is 6.37. The van der Waals surface area contributed by atoms with Crippen molar-refractivity contribution in [1.82, 2.24) is 10.2 Å². The van der Waals surface area contributed by atoms with Crippen LogP contribution in [0.1, 0.15) is 19.8 Å². The van der Waals surface area contributed by atoms with E-state index >= 15 is 0 Å². The number of nitrogens with one attached hydrogen (secondary N) is 1. The van der Waals surface area contributed by atoms with Gasteiger partial charge in [0.05, 0.1) is 4.75 Å². The van der Waals surface area contributed by atoms with Gasteiger partial charge in [-0.2, -0.15) is 0 Å². The highest BCUT2D eigenvalue weighted by Crippen LogP contribution is 2.39. The lowest BCUT2D eigenvalue weighted by Gasteiger charge is -2.37. The molecule has 0 aromatic heterocycles. The van der Waals surface area contributed by atoms with Gasteiger partial charge in [0.1, 0.15) is 12.6 Å². The van der Waals surface area contributed by atoms with E-state index < -0.39 is 16.8 Å². The summed E-state index contributed by atoms with van der Waals surface area (Å²) in [6, 6.07) is -0.951. The minimum absolute atomic E-state index is 0.0132. The molecule has 7 heteroatoms. The molecule has 2 saturated heterocycles. The van der Waals surface area contributed by atoms with Crippen LogP contribution in [-0.4, -0.2) is 57.4 Å². The van der Waals surface area contributed by atoms with Gasteiger partial charge < -0.3 is 15.3 Å². The van der Waals surface area contributed by atoms with Crippen LogP contribution in [0.25, 0.3) is 0 Å². The number of carbonyl (C=O) groups excluding carboxylic acids is 2. The quantitative estimate of drug-likeness (QED) is 0.719. The first kappa shape index (κ1) is 13.2. The van der Waals surface area contributed by atoms with Crippen LogP contribution in [0.2, 0.25) is 0 Å². The van der Waals surface area contributed by atoms with E-state index in [1.807, 2.05) is 6.92 Å². The molecule has 2 N–H and O–H groups in total. The summed E-state index contributed by atoms with van der Waals surface area (Å²) < 4.78 is -0.578. The molecular formula is C11H16N2O4S. The lowest BCUT2D eigenvalue weighted by molar-refractivity contribution is -0.154. The Morgan fingerprint density at radius 1 is 1.56 bits per heavy atom. The lowest BCUT2D eigenvalue weighted by Crippen LogP contribution is -2.62. The molecule has 0 radical (unpaired) electrons. The highest BCUT2D eigenvalue weighted by molar-refractivity contribution is 8.01. The molecule has 2 fully saturated rings. The Hall–Kier alpha value is -1.24. The molecule has 2 rings (SSSR count). The molecule has 100 valence electrons. The first-order chi connectivity index (χ1) is 8.44. The number of hydrogen-bond acceptors (Lipinski definition) is 4. The van der Waals surface area contributed by atoms with Crippen LogP contribution < -0.4 is 5.32 Å². The van der Waals surface area contributed by atoms with Gasteiger partial charge in [-0.15, -0.1) is 11.8 Å². The summed E-state index contributed by atoms with van der Waals surface area (Å²) in [4.78, 5) is 36.2. The normalized spacial score (nSPS) is 32.2. The Morgan fingerprint density at radius 2 is 2.28 bits per heavy atom. The minimum atomic E-state index is -1.07. The maximum absolute atomic E-state index is 12.4. The fourth-order valence-electron chi connectivity index (χ4n) is 2.33. The molecule has 0 aliphatic carbocycles. The summed E-state index contributed by atoms with van der Waals surface area (Å²) in [6.07, 6.45) is 1.69. The molecular weight excluding hydrogens is 256 g/mol. The lowest BCUT2D eigenvalue weighted by atomic mass is 10.0. The van der Waals surface area contributed by atoms with Crippen LogP contribution in [0.15, 0.2) is 0 Å². The summed E-state index contributed by atoms with van der Waals surface area (Å²) in [5, 5.41) is 11.6. The van der Waals surface area contributed by atoms with E-state index in [2.05, 4.69) is 5.32 Å². The fraction of sp³-hybridized carbons (Fsp3) is 0.727. The number of carbonyl (C=O) groups is 3. The Balaban J connectivity index is 2.19. The molecule has 0 spiro atoms. The van der Waals surface area contributed by atoms with Crippen molar-refractivity contribution in [1.29, 1.82) is 0 Å². The Bertz CT molecular complexity index is 393. The van der Waals surface area contributed by atoms with E-state index in [4.69, 9.17) is 5.11 Å². The Morgan fingerprint density at radius 3 is 2.83 bits per heavy atom. The van der Waals surface area contributed by atoms with Gasteiger partial charge in [-0.3, -0.25) is 9.59 Å². The highest BCUT2D eigenvalue weighted by atomic mass is 32.2. The molecule has 2 amide bonds. The van der Waals surface area contributed by atoms with Gasteiger partial charge in [-0.25, -0.2) is 4.79 Å². The van der Waals surface area contributed by atoms with E-state index in [1.165, 1.54) is 4.90 Å². The summed E-state index contributed by atoms with van der Waals surface area (Å²) in [5.41, 5.74) is 0. The average molecular weight is 272 g/mol. The number of piperazine rings is 1. The van der Waals surface area contributed by atoms with Gasteiger partial charge in [0.25, 0.3) is 0 Å². The summed E-state index contributed by atoms with van der Waals surface area (Å²) >= 11 is 1.55. The third-order valence-electron chi connectivity index (χ3n) is 3.40. The van der Waals surface area contributed by atoms with Gasteiger partial charge in [-0.1, -0.05) is 0 Å². The predicted octanol–water partition coefficient (Wildman–Crippen LogP) is -0.316. The SMILES string of the molecule is CC1(C(=O)N2CC(=O)NCC2C(=O)O)CCCS1. The first-order valence-corrected chi connectivity index (χ1v) is 6.87. The fourth-order valence-corrected chi connectivity index (χ4v) is 3.60. The van der Waals surface area contributed by atoms with Crippen LogP contribution in [0.4, 0.5) is 0 Å². The van der Waals surface area contributed by atoms with Gasteiger partial charge in [0.15, 0.2) is 0 Å². The molecule has 0 bridgehead atoms. The van der Waals surface area contributed by atoms with Crippen molar-refractivity contribution in [3.63, 3.8) is 0 Å². The number of thioether (sulfide) groups is 1. The van der Waals surface area contributed by atoms with Crippen molar-refractivity contribution in [2.24, 2.45) is 0 Å². The molecule has 2 aliphatic heterocycles. The molecule has 18 heavy (non-hydrogen) atoms. The third-order valence-corrected chi connectivity index (χ3v) is 4.91. The standard InChI is InChI=1S/C11H16N2O4S/c1-11(3-2-4-18-11)10(17)13-6-8(14)12-5-7(13)9(15)16/h7H,2-6H2,1H3,(H,12,14)(H,15,16). The largest absolute Gasteiger partial charge is 0.480 e. The van der Waals surface area contributed by atoms with Gasteiger partial charge in [0, 0.05) is 6.54 Å². The van der Waals surface area contributed by atoms with Crippen LogP contribution in [0.5, 0.6) is 0 Å². The molecule has 0 saturated carbocycles. The Kier molecular flexibility index (Phi) is 3.52. The molecule has 2 atom stereocenters. The van der Waals surface area contributed by atoms with E-state index in [1.54, 1.807) is 11.8 Å². The maximum Gasteiger partial charge on any atom is 0.328 e. The number of carboxylic acid groups (broad SMARTS) is 1. The number of rotatable bonds is 2. The third kappa shape index (κ3) is 2.31. The van der Waals surface area contributed by atoms with Crippen molar-refractivity contribution in [3.8, 4) is 0 Å². The van der Waals surface area contributed by atoms with Gasteiger partial charge in [0.2, 0.25) is 11.8 Å². The molecule has 2 aliphatic rings. The number of nitrogens with zero attached hydrogens (tertiary/aromatic N) is 1. The molecule has 0 aromatic rings. The topological polar surface area (TPSA) is 86.7 Å². The summed E-state index contributed by atoms with van der Waals surface area (Å²) in [5.74, 6) is -0.699. The maximum atomic E-state index is 12.4. The van der Waals surface area contributed by atoms with E-state index in [-0.39, 0.29) is 24.9 Å². The summed E-state index contributed by atoms with van der Waals surface area (Å²) in [6.45, 7) is 1.66. The minimum Gasteiger partial charge on any atom is -0.480 e. The predicted molar refractivity (Wildman–Crippen MR) is 66.2 cm³/mol. The van der Waals surface area contributed by atoms with E-state index in [0.717, 1.165) is 18.6 Å². The van der Waals surface area contributed by atoms with Crippen molar-refractivity contribution < 1.29 is 19.5 Å². The van der Waals surface area contributed by atoms with Crippen molar-refractivity contribution >= 4 is 29.5 Å². The van der Waals surface area contributed by atoms with E-state index in [9.17, 15) is 14.4 Å². The zero-order valence-electron chi connectivity index (χ0n) is 10.1. The van der Waals surface area contributed by atoms with Crippen molar-refractivity contribution in [2.45, 2.75) is 30.6 Å². The highest BCUT2D eigenvalue weighted by Gasteiger charge is 2.45. The zero-order chi connectivity index (χ0) is 13.3. The van der Waals surface area contributed by atoms with Crippen molar-refractivity contribution in [2.75, 3.05) is 18.8 Å². The number of aliphatic carboxylic acids is 1. The van der Waals surface area contributed by atoms with Crippen LogP contribution in [0, 0.1) is 0 Å². The monoisotopic (exact) mass is 272 g/mol. The molecule has 6 nitrogen and oxygen atoms in total. The average Bonchev–Trinajstić information content (AvgIpc) is 2.76. The first-order valence-electron chi connectivity index (χ1n) is 5.88. The number of amides is 2. The van der Waals surface area contributed by atoms with Gasteiger partial charge >= 0.3 is 5.97 Å².